The number of nitrogens with zero attached hydrogens (tertiary/aromatic N) is 1. The highest BCUT2D eigenvalue weighted by Crippen LogP contribution is 2.37. The zero-order valence-corrected chi connectivity index (χ0v) is 12.4. The number of halogens is 1. The van der Waals surface area contributed by atoms with E-state index in [0.717, 1.165) is 36.0 Å². The molecule has 20 heavy (non-hydrogen) atoms. The predicted molar refractivity (Wildman–Crippen MR) is 79.2 cm³/mol. The highest BCUT2D eigenvalue weighted by Gasteiger charge is 2.31. The second kappa shape index (κ2) is 5.18. The van der Waals surface area contributed by atoms with Crippen LogP contribution in [0.3, 0.4) is 0 Å². The Balaban J connectivity index is 2.01. The van der Waals surface area contributed by atoms with Crippen molar-refractivity contribution in [1.82, 2.24) is 0 Å². The van der Waals surface area contributed by atoms with E-state index in [2.05, 4.69) is 26.1 Å². The van der Waals surface area contributed by atoms with Gasteiger partial charge in [-0.05, 0) is 47.3 Å². The van der Waals surface area contributed by atoms with Crippen molar-refractivity contribution in [2.24, 2.45) is 0 Å². The van der Waals surface area contributed by atoms with E-state index in [-0.39, 0.29) is 12.6 Å². The normalized spacial score (nSPS) is 21.9. The molecule has 0 saturated carbocycles. The number of benzene rings is 1. The number of fused-ring (bicyclic) bond motifs is 1. The Morgan fingerprint density at radius 2 is 2.15 bits per heavy atom. The topological polar surface area (TPSA) is 69.6 Å². The molecule has 0 aromatic heterocycles. The number of aliphatic hydroxyl groups excluding tert-OH is 1. The average molecular weight is 339 g/mol. The van der Waals surface area contributed by atoms with Gasteiger partial charge in [0.2, 0.25) is 0 Å². The molecular formula is C14H15BrN2O3. The number of carbonyl (C=O) groups is 2. The zero-order chi connectivity index (χ0) is 14.3. The van der Waals surface area contributed by atoms with Crippen LogP contribution in [0, 0.1) is 0 Å². The van der Waals surface area contributed by atoms with Gasteiger partial charge in [0, 0.05) is 11.0 Å². The van der Waals surface area contributed by atoms with Crippen molar-refractivity contribution < 1.29 is 14.7 Å². The van der Waals surface area contributed by atoms with E-state index in [0.29, 0.717) is 11.3 Å². The monoisotopic (exact) mass is 338 g/mol. The second-order valence-electron chi connectivity index (χ2n) is 5.16. The number of piperidine rings is 1. The van der Waals surface area contributed by atoms with Crippen LogP contribution in [0.1, 0.15) is 29.6 Å². The SMILES string of the molecule is O=C1Nc2cc(N3CCCCC3CO)c(Br)cc2C1=O. The first-order chi connectivity index (χ1) is 9.61. The lowest BCUT2D eigenvalue weighted by atomic mass is 10.0. The van der Waals surface area contributed by atoms with Crippen molar-refractivity contribution >= 4 is 39.0 Å². The zero-order valence-electron chi connectivity index (χ0n) is 10.9. The maximum Gasteiger partial charge on any atom is 0.296 e. The lowest BCUT2D eigenvalue weighted by Crippen LogP contribution is -2.42. The van der Waals surface area contributed by atoms with Crippen molar-refractivity contribution in [2.75, 3.05) is 23.4 Å². The fraction of sp³-hybridized carbons (Fsp3) is 0.429. The molecule has 2 heterocycles. The minimum absolute atomic E-state index is 0.0888. The van der Waals surface area contributed by atoms with Crippen LogP contribution >= 0.6 is 15.9 Å². The van der Waals surface area contributed by atoms with Crippen molar-refractivity contribution in [3.63, 3.8) is 0 Å². The Morgan fingerprint density at radius 1 is 1.35 bits per heavy atom. The van der Waals surface area contributed by atoms with Gasteiger partial charge in [-0.2, -0.15) is 0 Å². The van der Waals surface area contributed by atoms with Gasteiger partial charge >= 0.3 is 0 Å². The largest absolute Gasteiger partial charge is 0.394 e. The van der Waals surface area contributed by atoms with Crippen LogP contribution in [0.15, 0.2) is 16.6 Å². The van der Waals surface area contributed by atoms with Gasteiger partial charge in [0.25, 0.3) is 11.7 Å². The van der Waals surface area contributed by atoms with Gasteiger partial charge in [-0.1, -0.05) is 0 Å². The first kappa shape index (κ1) is 13.6. The summed E-state index contributed by atoms with van der Waals surface area (Å²) in [6.07, 6.45) is 3.14. The number of rotatable bonds is 2. The van der Waals surface area contributed by atoms with Crippen molar-refractivity contribution in [1.29, 1.82) is 0 Å². The minimum Gasteiger partial charge on any atom is -0.394 e. The van der Waals surface area contributed by atoms with Gasteiger partial charge in [-0.25, -0.2) is 0 Å². The van der Waals surface area contributed by atoms with Crippen LogP contribution in [-0.2, 0) is 4.79 Å². The molecule has 0 radical (unpaired) electrons. The minimum atomic E-state index is -0.582. The summed E-state index contributed by atoms with van der Waals surface area (Å²) in [7, 11) is 0. The number of nitrogens with one attached hydrogen (secondary N) is 1. The molecule has 6 heteroatoms. The van der Waals surface area contributed by atoms with Gasteiger partial charge < -0.3 is 15.3 Å². The van der Waals surface area contributed by atoms with E-state index < -0.39 is 11.7 Å². The Labute approximate surface area is 125 Å². The fourth-order valence-corrected chi connectivity index (χ4v) is 3.45. The summed E-state index contributed by atoms with van der Waals surface area (Å²) in [5.74, 6) is -1.08. The third kappa shape index (κ3) is 2.13. The van der Waals surface area contributed by atoms with Gasteiger partial charge in [0.05, 0.1) is 29.6 Å². The van der Waals surface area contributed by atoms with Crippen LogP contribution in [0.4, 0.5) is 11.4 Å². The highest BCUT2D eigenvalue weighted by atomic mass is 79.9. The summed E-state index contributed by atoms with van der Waals surface area (Å²) in [5.41, 5.74) is 1.88. The number of Topliss-reactive ketones (excluding diaryl/α,β-unsaturated/α-hetero) is 1. The van der Waals surface area contributed by atoms with E-state index in [1.165, 1.54) is 0 Å². The van der Waals surface area contributed by atoms with Crippen molar-refractivity contribution in [2.45, 2.75) is 25.3 Å². The summed E-state index contributed by atoms with van der Waals surface area (Å²) < 4.78 is 0.779. The number of carbonyl (C=O) groups excluding carboxylic acids is 2. The molecule has 106 valence electrons. The second-order valence-corrected chi connectivity index (χ2v) is 6.01. The van der Waals surface area contributed by atoms with E-state index in [1.54, 1.807) is 6.07 Å². The Bertz CT molecular complexity index is 588. The molecule has 1 saturated heterocycles. The molecule has 2 aliphatic rings. The van der Waals surface area contributed by atoms with Gasteiger partial charge in [-0.3, -0.25) is 9.59 Å². The highest BCUT2D eigenvalue weighted by molar-refractivity contribution is 9.10. The van der Waals surface area contributed by atoms with E-state index >= 15 is 0 Å². The lowest BCUT2D eigenvalue weighted by Gasteiger charge is -2.37. The molecule has 2 aliphatic heterocycles. The molecule has 1 fully saturated rings. The quantitative estimate of drug-likeness (QED) is 0.808. The third-order valence-corrected chi connectivity index (χ3v) is 4.57. The summed E-state index contributed by atoms with van der Waals surface area (Å²) in [6.45, 7) is 0.972. The first-order valence-corrected chi connectivity index (χ1v) is 7.48. The third-order valence-electron chi connectivity index (χ3n) is 3.93. The molecule has 1 unspecified atom stereocenters. The van der Waals surface area contributed by atoms with Gasteiger partial charge in [0.1, 0.15) is 0 Å². The van der Waals surface area contributed by atoms with Crippen molar-refractivity contribution in [3.05, 3.63) is 22.2 Å². The molecule has 5 nitrogen and oxygen atoms in total. The Morgan fingerprint density at radius 3 is 2.90 bits per heavy atom. The van der Waals surface area contributed by atoms with E-state index in [9.17, 15) is 14.7 Å². The molecule has 1 aromatic rings. The smallest absolute Gasteiger partial charge is 0.296 e. The average Bonchev–Trinajstić information content (AvgIpc) is 2.73. The van der Waals surface area contributed by atoms with Crippen LogP contribution in [0.5, 0.6) is 0 Å². The standard InChI is InChI=1S/C14H15BrN2O3/c15-10-5-9-11(16-14(20)13(9)19)6-12(10)17-4-2-1-3-8(17)7-18/h5-6,8,18H,1-4,7H2,(H,16,19,20). The number of aliphatic hydroxyl groups is 1. The predicted octanol–water partition coefficient (Wildman–Crippen LogP) is 1.94. The number of anilines is 2. The maximum atomic E-state index is 11.7. The molecule has 0 aliphatic carbocycles. The molecule has 0 bridgehead atoms. The van der Waals surface area contributed by atoms with Crippen LogP contribution < -0.4 is 10.2 Å². The summed E-state index contributed by atoms with van der Waals surface area (Å²) in [6, 6.07) is 3.59. The van der Waals surface area contributed by atoms with Crippen LogP contribution in [0.25, 0.3) is 0 Å². The molecule has 3 rings (SSSR count). The fourth-order valence-electron chi connectivity index (χ4n) is 2.88. The maximum absolute atomic E-state index is 11.7. The van der Waals surface area contributed by atoms with E-state index in [4.69, 9.17) is 0 Å². The number of amides is 1. The lowest BCUT2D eigenvalue weighted by molar-refractivity contribution is -0.112. The summed E-state index contributed by atoms with van der Waals surface area (Å²) >= 11 is 3.47. The molecule has 1 atom stereocenters. The van der Waals surface area contributed by atoms with E-state index in [1.807, 2.05) is 6.07 Å². The summed E-state index contributed by atoms with van der Waals surface area (Å²) in [4.78, 5) is 25.2. The van der Waals surface area contributed by atoms with Crippen LogP contribution in [-0.4, -0.2) is 36.0 Å². The van der Waals surface area contributed by atoms with Crippen molar-refractivity contribution in [3.8, 4) is 0 Å². The molecule has 1 amide bonds. The van der Waals surface area contributed by atoms with Gasteiger partial charge in [0.15, 0.2) is 0 Å². The first-order valence-electron chi connectivity index (χ1n) is 6.68. The molecule has 2 N–H and O–H groups in total. The number of ketones is 1. The summed E-state index contributed by atoms with van der Waals surface area (Å²) in [5, 5.41) is 12.1. The Kier molecular flexibility index (Phi) is 3.52. The molecule has 0 spiro atoms. The van der Waals surface area contributed by atoms with Crippen LogP contribution in [0.2, 0.25) is 0 Å². The van der Waals surface area contributed by atoms with Gasteiger partial charge in [-0.15, -0.1) is 0 Å². The Hall–Kier alpha value is -1.40. The number of hydrogen-bond donors (Lipinski definition) is 2. The number of hydrogen-bond acceptors (Lipinski definition) is 4. The molecule has 1 aromatic carbocycles. The molecular weight excluding hydrogens is 324 g/mol.